The van der Waals surface area contributed by atoms with Gasteiger partial charge in [0, 0.05) is 31.0 Å². The van der Waals surface area contributed by atoms with Crippen LogP contribution in [0.2, 0.25) is 0 Å². The average Bonchev–Trinajstić information content (AvgIpc) is 3.15. The largest absolute Gasteiger partial charge is 0.351 e. The Kier molecular flexibility index (Phi) is 6.17. The number of nitrogens with zero attached hydrogens (tertiary/aromatic N) is 1. The molecule has 0 aliphatic carbocycles. The fraction of sp³-hybridized carbons (Fsp3) is 0.259. The van der Waals surface area contributed by atoms with Crippen LogP contribution in [-0.2, 0) is 9.59 Å². The van der Waals surface area contributed by atoms with Gasteiger partial charge in [-0.3, -0.25) is 9.59 Å². The molecule has 1 heterocycles. The summed E-state index contributed by atoms with van der Waals surface area (Å²) in [6, 6.07) is 26.1. The zero-order valence-corrected chi connectivity index (χ0v) is 18.0. The summed E-state index contributed by atoms with van der Waals surface area (Å²) in [7, 11) is 0. The zero-order valence-electron chi connectivity index (χ0n) is 18.0. The van der Waals surface area contributed by atoms with Gasteiger partial charge in [0.2, 0.25) is 11.8 Å². The molecule has 158 valence electrons. The molecule has 0 radical (unpaired) electrons. The molecule has 3 aromatic rings. The predicted molar refractivity (Wildman–Crippen MR) is 124 cm³/mol. The van der Waals surface area contributed by atoms with E-state index >= 15 is 0 Å². The van der Waals surface area contributed by atoms with Gasteiger partial charge >= 0.3 is 0 Å². The molecular formula is C27H28N2O2. The molecule has 4 nitrogen and oxygen atoms in total. The topological polar surface area (TPSA) is 49.4 Å². The number of carbonyl (C=O) groups excluding carboxylic acids is 2. The van der Waals surface area contributed by atoms with Crippen LogP contribution in [0.3, 0.4) is 0 Å². The Balaban J connectivity index is 1.45. The van der Waals surface area contributed by atoms with Gasteiger partial charge in [0.15, 0.2) is 0 Å². The van der Waals surface area contributed by atoms with Crippen molar-refractivity contribution >= 4 is 17.5 Å². The van der Waals surface area contributed by atoms with Crippen molar-refractivity contribution in [2.45, 2.75) is 38.6 Å². The molecule has 0 saturated carbocycles. The highest BCUT2D eigenvalue weighted by molar-refractivity contribution is 5.97. The van der Waals surface area contributed by atoms with E-state index in [1.54, 1.807) is 4.90 Å². The molecule has 4 rings (SSSR count). The Labute approximate surface area is 183 Å². The van der Waals surface area contributed by atoms with Crippen LogP contribution in [0.1, 0.15) is 41.0 Å². The minimum Gasteiger partial charge on any atom is -0.351 e. The standard InChI is InChI=1S/C27H28N2O2/c1-19-13-14-24(15-20(19)2)29-18-23(16-27(29)31)28-26(30)17-25(21-9-5-3-6-10-21)22-11-7-4-8-12-22/h3-15,23,25H,16-18H2,1-2H3,(H,28,30)/t23-/m1/s1. The quantitative estimate of drug-likeness (QED) is 0.635. The molecule has 4 heteroatoms. The molecule has 1 atom stereocenters. The molecule has 3 aromatic carbocycles. The summed E-state index contributed by atoms with van der Waals surface area (Å²) in [5.74, 6) is 0.00372. The fourth-order valence-corrected chi connectivity index (χ4v) is 4.22. The number of nitrogens with one attached hydrogen (secondary N) is 1. The van der Waals surface area contributed by atoms with E-state index in [0.29, 0.717) is 19.4 Å². The third-order valence-electron chi connectivity index (χ3n) is 6.09. The molecule has 0 unspecified atom stereocenters. The predicted octanol–water partition coefficient (Wildman–Crippen LogP) is 4.75. The molecular weight excluding hydrogens is 384 g/mol. The van der Waals surface area contributed by atoms with Crippen molar-refractivity contribution < 1.29 is 9.59 Å². The molecule has 0 aromatic heterocycles. The lowest BCUT2D eigenvalue weighted by atomic mass is 9.88. The van der Waals surface area contributed by atoms with Gasteiger partial charge in [-0.1, -0.05) is 66.7 Å². The number of anilines is 1. The van der Waals surface area contributed by atoms with Gasteiger partial charge in [0.05, 0.1) is 6.04 Å². The van der Waals surface area contributed by atoms with Crippen LogP contribution in [0.15, 0.2) is 78.9 Å². The first-order valence-electron chi connectivity index (χ1n) is 10.8. The summed E-state index contributed by atoms with van der Waals surface area (Å²) in [6.07, 6.45) is 0.683. The van der Waals surface area contributed by atoms with Crippen molar-refractivity contribution in [2.75, 3.05) is 11.4 Å². The van der Waals surface area contributed by atoms with Gasteiger partial charge in [-0.05, 0) is 48.2 Å². The molecule has 0 bridgehead atoms. The zero-order chi connectivity index (χ0) is 21.8. The second-order valence-electron chi connectivity index (χ2n) is 8.32. The summed E-state index contributed by atoms with van der Waals surface area (Å²) in [5.41, 5.74) is 5.49. The number of rotatable bonds is 6. The highest BCUT2D eigenvalue weighted by Crippen LogP contribution is 2.28. The van der Waals surface area contributed by atoms with Crippen molar-refractivity contribution in [3.8, 4) is 0 Å². The number of benzene rings is 3. The Morgan fingerprint density at radius 1 is 0.935 bits per heavy atom. The lowest BCUT2D eigenvalue weighted by Crippen LogP contribution is -2.37. The van der Waals surface area contributed by atoms with Crippen LogP contribution in [0.5, 0.6) is 0 Å². The average molecular weight is 413 g/mol. The number of amides is 2. The Morgan fingerprint density at radius 2 is 1.55 bits per heavy atom. The van der Waals surface area contributed by atoms with E-state index in [2.05, 4.69) is 36.5 Å². The van der Waals surface area contributed by atoms with Gasteiger partial charge in [-0.2, -0.15) is 0 Å². The molecule has 1 fully saturated rings. The van der Waals surface area contributed by atoms with Gasteiger partial charge in [-0.15, -0.1) is 0 Å². The maximum Gasteiger partial charge on any atom is 0.229 e. The van der Waals surface area contributed by atoms with Crippen molar-refractivity contribution in [3.63, 3.8) is 0 Å². The highest BCUT2D eigenvalue weighted by atomic mass is 16.2. The minimum atomic E-state index is -0.172. The Bertz CT molecular complexity index is 1020. The van der Waals surface area contributed by atoms with Gasteiger partial charge in [0.1, 0.15) is 0 Å². The van der Waals surface area contributed by atoms with Crippen LogP contribution in [-0.4, -0.2) is 24.4 Å². The van der Waals surface area contributed by atoms with E-state index in [1.165, 1.54) is 5.56 Å². The molecule has 2 amide bonds. The summed E-state index contributed by atoms with van der Waals surface area (Å²) in [4.78, 5) is 27.3. The van der Waals surface area contributed by atoms with Gasteiger partial charge < -0.3 is 10.2 Å². The molecule has 1 aliphatic heterocycles. The van der Waals surface area contributed by atoms with E-state index in [9.17, 15) is 9.59 Å². The van der Waals surface area contributed by atoms with Crippen molar-refractivity contribution in [1.29, 1.82) is 0 Å². The van der Waals surface area contributed by atoms with Crippen LogP contribution in [0.25, 0.3) is 0 Å². The fourth-order valence-electron chi connectivity index (χ4n) is 4.22. The van der Waals surface area contributed by atoms with Crippen LogP contribution in [0, 0.1) is 13.8 Å². The first-order valence-corrected chi connectivity index (χ1v) is 10.8. The van der Waals surface area contributed by atoms with Crippen molar-refractivity contribution in [1.82, 2.24) is 5.32 Å². The Hall–Kier alpha value is -3.40. The van der Waals surface area contributed by atoms with E-state index in [4.69, 9.17) is 0 Å². The number of carbonyl (C=O) groups is 2. The van der Waals surface area contributed by atoms with Gasteiger partial charge in [-0.25, -0.2) is 0 Å². The lowest BCUT2D eigenvalue weighted by Gasteiger charge is -2.20. The number of hydrogen-bond donors (Lipinski definition) is 1. The second-order valence-corrected chi connectivity index (χ2v) is 8.32. The summed E-state index contributed by atoms with van der Waals surface area (Å²) < 4.78 is 0. The lowest BCUT2D eigenvalue weighted by molar-refractivity contribution is -0.122. The Morgan fingerprint density at radius 3 is 2.13 bits per heavy atom. The molecule has 31 heavy (non-hydrogen) atoms. The van der Waals surface area contributed by atoms with E-state index in [1.807, 2.05) is 61.5 Å². The summed E-state index contributed by atoms with van der Waals surface area (Å²) in [5, 5.41) is 3.10. The number of hydrogen-bond acceptors (Lipinski definition) is 2. The third-order valence-corrected chi connectivity index (χ3v) is 6.09. The highest BCUT2D eigenvalue weighted by Gasteiger charge is 2.32. The number of aryl methyl sites for hydroxylation is 2. The van der Waals surface area contributed by atoms with Gasteiger partial charge in [0.25, 0.3) is 0 Å². The first-order chi connectivity index (χ1) is 15.0. The summed E-state index contributed by atoms with van der Waals surface area (Å²) >= 11 is 0. The third kappa shape index (κ3) is 4.85. The molecule has 1 N–H and O–H groups in total. The van der Waals surface area contributed by atoms with Crippen molar-refractivity contribution in [3.05, 3.63) is 101 Å². The molecule has 1 saturated heterocycles. The maximum atomic E-state index is 13.0. The van der Waals surface area contributed by atoms with Crippen LogP contribution in [0.4, 0.5) is 5.69 Å². The minimum absolute atomic E-state index is 0.0182. The smallest absolute Gasteiger partial charge is 0.229 e. The molecule has 1 aliphatic rings. The van der Waals surface area contributed by atoms with Crippen LogP contribution >= 0.6 is 0 Å². The van der Waals surface area contributed by atoms with E-state index in [0.717, 1.165) is 22.4 Å². The normalized spacial score (nSPS) is 16.0. The second kappa shape index (κ2) is 9.17. The van der Waals surface area contributed by atoms with Crippen molar-refractivity contribution in [2.24, 2.45) is 0 Å². The SMILES string of the molecule is Cc1ccc(N2C[C@H](NC(=O)CC(c3ccccc3)c3ccccc3)CC2=O)cc1C. The monoisotopic (exact) mass is 412 g/mol. The summed E-state index contributed by atoms with van der Waals surface area (Å²) in [6.45, 7) is 4.62. The van der Waals surface area contributed by atoms with E-state index in [-0.39, 0.29) is 23.8 Å². The maximum absolute atomic E-state index is 13.0. The molecule has 0 spiro atoms. The van der Waals surface area contributed by atoms with Crippen LogP contribution < -0.4 is 10.2 Å². The van der Waals surface area contributed by atoms with E-state index < -0.39 is 0 Å². The first kappa shape index (κ1) is 20.9.